The highest BCUT2D eigenvalue weighted by molar-refractivity contribution is 7.18. The topological polar surface area (TPSA) is 39.9 Å². The highest BCUT2D eigenvalue weighted by Crippen LogP contribution is 2.33. The molecule has 0 N–H and O–H groups in total. The average molecular weight is 319 g/mol. The molecular weight excluding hydrogens is 302 g/mol. The van der Waals surface area contributed by atoms with Gasteiger partial charge < -0.3 is 0 Å². The van der Waals surface area contributed by atoms with Crippen molar-refractivity contribution in [3.63, 3.8) is 0 Å². The van der Waals surface area contributed by atoms with E-state index in [4.69, 9.17) is 10.2 Å². The van der Waals surface area contributed by atoms with E-state index in [1.807, 2.05) is 29.5 Å². The van der Waals surface area contributed by atoms with E-state index in [-0.39, 0.29) is 0 Å². The Labute approximate surface area is 139 Å². The molecule has 4 heteroatoms. The van der Waals surface area contributed by atoms with E-state index >= 15 is 0 Å². The molecule has 0 saturated carbocycles. The van der Waals surface area contributed by atoms with Gasteiger partial charge in [0.05, 0.1) is 26.9 Å². The van der Waals surface area contributed by atoms with Crippen LogP contribution in [0.4, 0.5) is 0 Å². The molecule has 0 radical (unpaired) electrons. The lowest BCUT2D eigenvalue weighted by atomic mass is 10.1. The van der Waals surface area contributed by atoms with Crippen LogP contribution >= 0.6 is 11.3 Å². The molecule has 1 atom stereocenters. The number of thiazole rings is 1. The fourth-order valence-corrected chi connectivity index (χ4v) is 4.33. The average Bonchev–Trinajstić information content (AvgIpc) is 3.21. The van der Waals surface area contributed by atoms with E-state index in [0.29, 0.717) is 5.92 Å². The Hall–Kier alpha value is -2.22. The molecule has 1 saturated heterocycles. The first kappa shape index (κ1) is 14.4. The van der Waals surface area contributed by atoms with Crippen LogP contribution in [0.15, 0.2) is 48.5 Å². The van der Waals surface area contributed by atoms with E-state index in [1.54, 1.807) is 0 Å². The molecule has 3 aromatic rings. The summed E-state index contributed by atoms with van der Waals surface area (Å²) in [5.41, 5.74) is 3.08. The van der Waals surface area contributed by atoms with Crippen molar-refractivity contribution in [3.8, 4) is 6.07 Å². The standard InChI is InChI=1S/C19H17N3S/c20-11-14-4-3-5-15(10-14)12-22-9-8-16(13-22)19-21-17-6-1-2-7-18(17)23-19/h1-7,10,16H,8-9,12-13H2/t16-/m0/s1. The molecule has 2 aromatic carbocycles. The molecular formula is C19H17N3S. The van der Waals surface area contributed by atoms with Crippen LogP contribution in [0.1, 0.15) is 28.5 Å². The van der Waals surface area contributed by atoms with Gasteiger partial charge >= 0.3 is 0 Å². The largest absolute Gasteiger partial charge is 0.298 e. The zero-order valence-corrected chi connectivity index (χ0v) is 13.6. The molecule has 114 valence electrons. The zero-order valence-electron chi connectivity index (χ0n) is 12.8. The predicted molar refractivity (Wildman–Crippen MR) is 93.4 cm³/mol. The van der Waals surface area contributed by atoms with Crippen molar-refractivity contribution in [1.82, 2.24) is 9.88 Å². The molecule has 1 aromatic heterocycles. The number of hydrogen-bond acceptors (Lipinski definition) is 4. The van der Waals surface area contributed by atoms with Crippen LogP contribution in [0, 0.1) is 11.3 Å². The number of nitrogens with zero attached hydrogens (tertiary/aromatic N) is 3. The number of rotatable bonds is 3. The Morgan fingerprint density at radius 1 is 1.22 bits per heavy atom. The van der Waals surface area contributed by atoms with E-state index in [1.165, 1.54) is 15.3 Å². The maximum Gasteiger partial charge on any atom is 0.0991 e. The van der Waals surface area contributed by atoms with Gasteiger partial charge in [-0.2, -0.15) is 5.26 Å². The Morgan fingerprint density at radius 2 is 2.13 bits per heavy atom. The highest BCUT2D eigenvalue weighted by Gasteiger charge is 2.26. The minimum Gasteiger partial charge on any atom is -0.298 e. The molecule has 23 heavy (non-hydrogen) atoms. The quantitative estimate of drug-likeness (QED) is 0.728. The van der Waals surface area contributed by atoms with Gasteiger partial charge in [-0.3, -0.25) is 4.90 Å². The van der Waals surface area contributed by atoms with Crippen LogP contribution < -0.4 is 0 Å². The molecule has 0 aliphatic carbocycles. The number of benzene rings is 2. The predicted octanol–water partition coefficient (Wildman–Crippen LogP) is 4.16. The van der Waals surface area contributed by atoms with Crippen molar-refractivity contribution in [1.29, 1.82) is 5.26 Å². The van der Waals surface area contributed by atoms with Crippen LogP contribution in [0.25, 0.3) is 10.2 Å². The van der Waals surface area contributed by atoms with Crippen molar-refractivity contribution in [3.05, 3.63) is 64.7 Å². The number of nitriles is 1. The third kappa shape index (κ3) is 2.98. The van der Waals surface area contributed by atoms with E-state index in [2.05, 4.69) is 41.3 Å². The lowest BCUT2D eigenvalue weighted by molar-refractivity contribution is 0.327. The number of hydrogen-bond donors (Lipinski definition) is 0. The summed E-state index contributed by atoms with van der Waals surface area (Å²) in [4.78, 5) is 7.28. The van der Waals surface area contributed by atoms with E-state index < -0.39 is 0 Å². The lowest BCUT2D eigenvalue weighted by Gasteiger charge is -2.15. The summed E-state index contributed by atoms with van der Waals surface area (Å²) in [5, 5.41) is 10.3. The SMILES string of the molecule is N#Cc1cccc(CN2CC[C@H](c3nc4ccccc4s3)C2)c1. The van der Waals surface area contributed by atoms with Crippen molar-refractivity contribution < 1.29 is 0 Å². The molecule has 0 spiro atoms. The Kier molecular flexibility index (Phi) is 3.82. The van der Waals surface area contributed by atoms with Crippen LogP contribution in [-0.4, -0.2) is 23.0 Å². The van der Waals surface area contributed by atoms with Gasteiger partial charge in [-0.15, -0.1) is 11.3 Å². The summed E-state index contributed by atoms with van der Waals surface area (Å²) in [6.07, 6.45) is 1.16. The summed E-state index contributed by atoms with van der Waals surface area (Å²) in [6, 6.07) is 18.5. The van der Waals surface area contributed by atoms with Gasteiger partial charge in [0.15, 0.2) is 0 Å². The maximum atomic E-state index is 9.01. The van der Waals surface area contributed by atoms with Gasteiger partial charge in [-0.05, 0) is 42.8 Å². The second kappa shape index (κ2) is 6.11. The molecule has 1 fully saturated rings. The Balaban J connectivity index is 1.47. The number of para-hydroxylation sites is 1. The molecule has 1 aliphatic heterocycles. The van der Waals surface area contributed by atoms with Crippen LogP contribution in [0.2, 0.25) is 0 Å². The fourth-order valence-electron chi connectivity index (χ4n) is 3.24. The van der Waals surface area contributed by atoms with Crippen molar-refractivity contribution in [2.75, 3.05) is 13.1 Å². The van der Waals surface area contributed by atoms with Crippen molar-refractivity contribution >= 4 is 21.6 Å². The maximum absolute atomic E-state index is 9.01. The minimum atomic E-state index is 0.534. The first-order valence-electron chi connectivity index (χ1n) is 7.89. The van der Waals surface area contributed by atoms with E-state index in [9.17, 15) is 0 Å². The summed E-state index contributed by atoms with van der Waals surface area (Å²) in [5.74, 6) is 0.534. The van der Waals surface area contributed by atoms with Crippen LogP contribution in [-0.2, 0) is 6.54 Å². The van der Waals surface area contributed by atoms with Crippen LogP contribution in [0.3, 0.4) is 0 Å². The molecule has 3 nitrogen and oxygen atoms in total. The molecule has 0 bridgehead atoms. The first-order valence-corrected chi connectivity index (χ1v) is 8.70. The zero-order chi connectivity index (χ0) is 15.6. The molecule has 0 amide bonds. The van der Waals surface area contributed by atoms with Gasteiger partial charge in [0.1, 0.15) is 0 Å². The normalized spacial score (nSPS) is 18.3. The third-order valence-corrected chi connectivity index (χ3v) is 5.59. The van der Waals surface area contributed by atoms with Gasteiger partial charge in [0.2, 0.25) is 0 Å². The summed E-state index contributed by atoms with van der Waals surface area (Å²) < 4.78 is 1.28. The lowest BCUT2D eigenvalue weighted by Crippen LogP contribution is -2.19. The van der Waals surface area contributed by atoms with Crippen molar-refractivity contribution in [2.45, 2.75) is 18.9 Å². The highest BCUT2D eigenvalue weighted by atomic mass is 32.1. The fraction of sp³-hybridized carbons (Fsp3) is 0.263. The second-order valence-corrected chi connectivity index (χ2v) is 7.11. The number of fused-ring (bicyclic) bond motifs is 1. The molecule has 1 aliphatic rings. The first-order chi connectivity index (χ1) is 11.3. The molecule has 4 rings (SSSR count). The number of aromatic nitrogens is 1. The Bertz CT molecular complexity index is 844. The molecule has 0 unspecified atom stereocenters. The monoisotopic (exact) mass is 319 g/mol. The third-order valence-electron chi connectivity index (χ3n) is 4.39. The second-order valence-electron chi connectivity index (χ2n) is 6.05. The number of likely N-dealkylation sites (tertiary alicyclic amines) is 1. The van der Waals surface area contributed by atoms with Gasteiger partial charge in [0, 0.05) is 19.0 Å². The van der Waals surface area contributed by atoms with Crippen LogP contribution in [0.5, 0.6) is 0 Å². The van der Waals surface area contributed by atoms with Gasteiger partial charge in [-0.25, -0.2) is 4.98 Å². The molecule has 2 heterocycles. The summed E-state index contributed by atoms with van der Waals surface area (Å²) in [6.45, 7) is 3.06. The summed E-state index contributed by atoms with van der Waals surface area (Å²) in [7, 11) is 0. The smallest absolute Gasteiger partial charge is 0.0991 e. The van der Waals surface area contributed by atoms with Gasteiger partial charge in [-0.1, -0.05) is 24.3 Å². The van der Waals surface area contributed by atoms with Gasteiger partial charge in [0.25, 0.3) is 0 Å². The minimum absolute atomic E-state index is 0.534. The summed E-state index contributed by atoms with van der Waals surface area (Å²) >= 11 is 1.83. The van der Waals surface area contributed by atoms with E-state index in [0.717, 1.165) is 37.1 Å². The Morgan fingerprint density at radius 3 is 3.00 bits per heavy atom. The van der Waals surface area contributed by atoms with Crippen molar-refractivity contribution in [2.24, 2.45) is 0 Å².